The normalized spacial score (nSPS) is 11.6. The minimum Gasteiger partial charge on any atom is -0.363 e. The van der Waals surface area contributed by atoms with E-state index in [1.807, 2.05) is 66.2 Å². The van der Waals surface area contributed by atoms with Crippen LogP contribution in [-0.4, -0.2) is 9.55 Å². The number of aryl methyl sites for hydroxylation is 1. The van der Waals surface area contributed by atoms with Crippen LogP contribution in [0.15, 0.2) is 103 Å². The Labute approximate surface area is 208 Å². The third-order valence-corrected chi connectivity index (χ3v) is 6.18. The lowest BCUT2D eigenvalue weighted by Crippen LogP contribution is -2.11. The second-order valence-corrected chi connectivity index (χ2v) is 8.42. The Morgan fingerprint density at radius 1 is 1.03 bits per heavy atom. The smallest absolute Gasteiger partial charge is 0.124 e. The third-order valence-electron chi connectivity index (χ3n) is 6.18. The predicted octanol–water partition coefficient (Wildman–Crippen LogP) is 7.36. The van der Waals surface area contributed by atoms with Crippen molar-refractivity contribution < 1.29 is 4.74 Å². The molecule has 1 aromatic heterocycles. The lowest BCUT2D eigenvalue weighted by Gasteiger charge is -2.21. The fourth-order valence-electron chi connectivity index (χ4n) is 4.37. The molecule has 0 N–H and O–H groups in total. The highest BCUT2D eigenvalue weighted by atomic mass is 16.5. The van der Waals surface area contributed by atoms with E-state index >= 15 is 0 Å². The summed E-state index contributed by atoms with van der Waals surface area (Å²) in [6, 6.07) is 29.8. The van der Waals surface area contributed by atoms with Gasteiger partial charge >= 0.3 is 0 Å². The highest BCUT2D eigenvalue weighted by Gasteiger charge is 2.21. The van der Waals surface area contributed by atoms with Gasteiger partial charge in [0.25, 0.3) is 0 Å². The zero-order valence-electron chi connectivity index (χ0n) is 19.6. The Balaban J connectivity index is 1.56. The summed E-state index contributed by atoms with van der Waals surface area (Å²) in [7, 11) is 1.93. The van der Waals surface area contributed by atoms with Crippen molar-refractivity contribution in [1.29, 1.82) is 5.26 Å². The molecule has 0 amide bonds. The standard InChI is InChI=1S/C29H22N6O/c1-35-19-32-17-28(35)29(36-18-20-9-13-24(14-10-20)33-34-31)22-11-12-23(16-30)27(15-22)26-8-4-6-21-5-2-3-7-25(21)26/h2-15,17,19,29H,18H2,1H3. The SMILES string of the molecule is Cn1cncc1C(OCc1ccc(N=[N+]=[N-])cc1)c1ccc(C#N)c(-c2cccc3ccccc23)c1. The van der Waals surface area contributed by atoms with Gasteiger partial charge in [-0.1, -0.05) is 77.9 Å². The maximum atomic E-state index is 9.90. The van der Waals surface area contributed by atoms with Gasteiger partial charge < -0.3 is 9.30 Å². The van der Waals surface area contributed by atoms with Gasteiger partial charge in [-0.15, -0.1) is 0 Å². The van der Waals surface area contributed by atoms with Crippen LogP contribution in [0.5, 0.6) is 0 Å². The average Bonchev–Trinajstić information content (AvgIpc) is 3.35. The first-order chi connectivity index (χ1) is 17.7. The largest absolute Gasteiger partial charge is 0.363 e. The number of hydrogen-bond donors (Lipinski definition) is 0. The summed E-state index contributed by atoms with van der Waals surface area (Å²) in [6.45, 7) is 0.343. The van der Waals surface area contributed by atoms with Gasteiger partial charge in [0.1, 0.15) is 6.10 Å². The molecule has 7 nitrogen and oxygen atoms in total. The second-order valence-electron chi connectivity index (χ2n) is 8.42. The molecule has 1 heterocycles. The summed E-state index contributed by atoms with van der Waals surface area (Å²) >= 11 is 0. The Morgan fingerprint density at radius 2 is 1.83 bits per heavy atom. The number of rotatable bonds is 7. The number of aromatic nitrogens is 2. The van der Waals surface area contributed by atoms with Crippen molar-refractivity contribution in [2.45, 2.75) is 12.7 Å². The molecule has 0 radical (unpaired) electrons. The summed E-state index contributed by atoms with van der Waals surface area (Å²) in [4.78, 5) is 7.11. The molecule has 0 spiro atoms. The molecule has 5 aromatic rings. The van der Waals surface area contributed by atoms with E-state index in [0.29, 0.717) is 17.9 Å². The summed E-state index contributed by atoms with van der Waals surface area (Å²) < 4.78 is 8.38. The van der Waals surface area contributed by atoms with Crippen molar-refractivity contribution in [3.8, 4) is 17.2 Å². The molecule has 4 aromatic carbocycles. The van der Waals surface area contributed by atoms with Crippen molar-refractivity contribution in [2.75, 3.05) is 0 Å². The molecule has 0 fully saturated rings. The fourth-order valence-corrected chi connectivity index (χ4v) is 4.37. The zero-order valence-corrected chi connectivity index (χ0v) is 19.6. The van der Waals surface area contributed by atoms with E-state index in [4.69, 9.17) is 10.3 Å². The number of ether oxygens (including phenoxy) is 1. The second kappa shape index (κ2) is 10.2. The maximum Gasteiger partial charge on any atom is 0.124 e. The van der Waals surface area contributed by atoms with Crippen LogP contribution in [0.1, 0.15) is 28.5 Å². The lowest BCUT2D eigenvalue weighted by atomic mass is 9.92. The van der Waals surface area contributed by atoms with Crippen LogP contribution in [0, 0.1) is 11.3 Å². The molecule has 174 valence electrons. The van der Waals surface area contributed by atoms with Gasteiger partial charge in [-0.05, 0) is 45.1 Å². The number of azide groups is 1. The highest BCUT2D eigenvalue weighted by molar-refractivity contribution is 5.97. The molecule has 0 bridgehead atoms. The minimum atomic E-state index is -0.407. The van der Waals surface area contributed by atoms with Crippen LogP contribution in [-0.2, 0) is 18.4 Å². The van der Waals surface area contributed by atoms with Gasteiger partial charge in [0.2, 0.25) is 0 Å². The summed E-state index contributed by atoms with van der Waals surface area (Å²) in [5.74, 6) is 0. The number of nitrogens with zero attached hydrogens (tertiary/aromatic N) is 6. The molecular formula is C29H22N6O. The minimum absolute atomic E-state index is 0.343. The monoisotopic (exact) mass is 470 g/mol. The van der Waals surface area contributed by atoms with Crippen molar-refractivity contribution in [1.82, 2.24) is 9.55 Å². The molecule has 1 atom stereocenters. The first kappa shape index (κ1) is 22.9. The Bertz CT molecular complexity index is 1620. The highest BCUT2D eigenvalue weighted by Crippen LogP contribution is 2.35. The van der Waals surface area contributed by atoms with Gasteiger partial charge in [0.15, 0.2) is 0 Å². The average molecular weight is 471 g/mol. The van der Waals surface area contributed by atoms with Crippen LogP contribution < -0.4 is 0 Å². The quantitative estimate of drug-likeness (QED) is 0.141. The number of benzene rings is 4. The third kappa shape index (κ3) is 4.55. The van der Waals surface area contributed by atoms with Crippen LogP contribution in [0.3, 0.4) is 0 Å². The first-order valence-electron chi connectivity index (χ1n) is 11.4. The zero-order chi connectivity index (χ0) is 24.9. The molecule has 7 heteroatoms. The number of imidazole rings is 1. The molecule has 1 unspecified atom stereocenters. The van der Waals surface area contributed by atoms with Crippen molar-refractivity contribution >= 4 is 16.5 Å². The predicted molar refractivity (Wildman–Crippen MR) is 139 cm³/mol. The van der Waals surface area contributed by atoms with E-state index in [1.54, 1.807) is 24.7 Å². The van der Waals surface area contributed by atoms with Gasteiger partial charge in [0.05, 0.1) is 36.5 Å². The first-order valence-corrected chi connectivity index (χ1v) is 11.4. The van der Waals surface area contributed by atoms with E-state index in [1.165, 1.54) is 0 Å². The van der Waals surface area contributed by atoms with Crippen molar-refractivity contribution in [2.24, 2.45) is 12.2 Å². The van der Waals surface area contributed by atoms with Crippen molar-refractivity contribution in [3.63, 3.8) is 0 Å². The summed E-state index contributed by atoms with van der Waals surface area (Å²) in [6.07, 6.45) is 3.14. The Kier molecular flexibility index (Phi) is 6.46. The molecule has 5 rings (SSSR count). The molecule has 0 aliphatic heterocycles. The lowest BCUT2D eigenvalue weighted by molar-refractivity contribution is 0.0622. The molecular weight excluding hydrogens is 448 g/mol. The fraction of sp³-hybridized carbons (Fsp3) is 0.103. The summed E-state index contributed by atoms with van der Waals surface area (Å²) in [5.41, 5.74) is 14.4. The van der Waals surface area contributed by atoms with Crippen molar-refractivity contribution in [3.05, 3.63) is 130 Å². The Morgan fingerprint density at radius 3 is 2.58 bits per heavy atom. The van der Waals surface area contributed by atoms with Crippen LogP contribution in [0.4, 0.5) is 5.69 Å². The van der Waals surface area contributed by atoms with E-state index in [9.17, 15) is 5.26 Å². The maximum absolute atomic E-state index is 9.90. The van der Waals surface area contributed by atoms with Crippen LogP contribution >= 0.6 is 0 Å². The topological polar surface area (TPSA) is 99.6 Å². The number of nitriles is 1. The van der Waals surface area contributed by atoms with E-state index in [2.05, 4.69) is 39.3 Å². The summed E-state index contributed by atoms with van der Waals surface area (Å²) in [5, 5.41) is 15.7. The van der Waals surface area contributed by atoms with Crippen LogP contribution in [0.25, 0.3) is 32.3 Å². The number of fused-ring (bicyclic) bond motifs is 1. The molecule has 36 heavy (non-hydrogen) atoms. The van der Waals surface area contributed by atoms with E-state index in [-0.39, 0.29) is 0 Å². The van der Waals surface area contributed by atoms with Crippen LogP contribution in [0.2, 0.25) is 0 Å². The number of hydrogen-bond acceptors (Lipinski definition) is 4. The molecule has 0 saturated heterocycles. The van der Waals surface area contributed by atoms with E-state index in [0.717, 1.165) is 38.7 Å². The molecule has 0 saturated carbocycles. The van der Waals surface area contributed by atoms with Gasteiger partial charge in [-0.2, -0.15) is 5.26 Å². The van der Waals surface area contributed by atoms with Gasteiger partial charge in [0, 0.05) is 23.2 Å². The molecule has 0 aliphatic rings. The van der Waals surface area contributed by atoms with Gasteiger partial charge in [-0.3, -0.25) is 0 Å². The molecule has 0 aliphatic carbocycles. The van der Waals surface area contributed by atoms with Gasteiger partial charge in [-0.25, -0.2) is 4.98 Å². The Hall–Kier alpha value is -4.89. The van der Waals surface area contributed by atoms with E-state index < -0.39 is 6.10 Å².